The van der Waals surface area contributed by atoms with Gasteiger partial charge in [-0.3, -0.25) is 15.2 Å². The van der Waals surface area contributed by atoms with Crippen LogP contribution in [0, 0.1) is 0 Å². The number of carbonyl (C=O) groups excluding carboxylic acids is 1. The summed E-state index contributed by atoms with van der Waals surface area (Å²) in [5.41, 5.74) is 0.985. The van der Waals surface area contributed by atoms with Crippen molar-refractivity contribution in [2.75, 3.05) is 13.6 Å². The fourth-order valence-electron chi connectivity index (χ4n) is 1.53. The number of aromatic nitrogens is 2. The second kappa shape index (κ2) is 5.65. The summed E-state index contributed by atoms with van der Waals surface area (Å²) in [4.78, 5) is 13.5. The summed E-state index contributed by atoms with van der Waals surface area (Å²) in [6.45, 7) is 6.57. The summed E-state index contributed by atoms with van der Waals surface area (Å²) in [6.07, 6.45) is 1.71. The summed E-state index contributed by atoms with van der Waals surface area (Å²) >= 11 is 0. The highest BCUT2D eigenvalue weighted by Gasteiger charge is 2.19. The van der Waals surface area contributed by atoms with Gasteiger partial charge in [0.1, 0.15) is 0 Å². The summed E-state index contributed by atoms with van der Waals surface area (Å²) in [6, 6.07) is 1.80. The van der Waals surface area contributed by atoms with E-state index in [2.05, 4.69) is 15.5 Å². The molecule has 1 amide bonds. The monoisotopic (exact) mass is 224 g/mol. The molecule has 0 aliphatic carbocycles. The molecule has 0 radical (unpaired) electrons. The van der Waals surface area contributed by atoms with Crippen molar-refractivity contribution in [3.63, 3.8) is 0 Å². The van der Waals surface area contributed by atoms with E-state index in [1.54, 1.807) is 18.1 Å². The lowest BCUT2D eigenvalue weighted by atomic mass is 10.2. The molecule has 1 rings (SSSR count). The Bertz CT molecular complexity index is 323. The van der Waals surface area contributed by atoms with Gasteiger partial charge >= 0.3 is 0 Å². The topological polar surface area (TPSA) is 61.0 Å². The molecule has 0 bridgehead atoms. The van der Waals surface area contributed by atoms with Gasteiger partial charge in [0.2, 0.25) is 5.91 Å². The molecule has 1 aromatic heterocycles. The second-order valence-corrected chi connectivity index (χ2v) is 3.97. The van der Waals surface area contributed by atoms with Gasteiger partial charge in [0, 0.05) is 25.8 Å². The molecular formula is C11H20N4O. The summed E-state index contributed by atoms with van der Waals surface area (Å²) in [7, 11) is 1.81. The molecule has 2 N–H and O–H groups in total. The first kappa shape index (κ1) is 12.7. The standard InChI is InChI=1S/C11H20N4O/c1-5-15(4)11(16)9(3)13-8(2)10-6-7-12-14-10/h6-9,13H,5H2,1-4H3,(H,12,14). The third-order valence-corrected chi connectivity index (χ3v) is 2.71. The number of aromatic amines is 1. The van der Waals surface area contributed by atoms with Crippen LogP contribution in [0.3, 0.4) is 0 Å². The Kier molecular flexibility index (Phi) is 4.49. The number of nitrogens with zero attached hydrogens (tertiary/aromatic N) is 2. The zero-order valence-corrected chi connectivity index (χ0v) is 10.3. The normalized spacial score (nSPS) is 14.5. The molecule has 0 spiro atoms. The van der Waals surface area contributed by atoms with Crippen molar-refractivity contribution in [1.29, 1.82) is 0 Å². The SMILES string of the molecule is CCN(C)C(=O)C(C)NC(C)c1ccn[nH]1. The van der Waals surface area contributed by atoms with Gasteiger partial charge in [-0.2, -0.15) is 5.10 Å². The number of amides is 1. The molecule has 5 nitrogen and oxygen atoms in total. The van der Waals surface area contributed by atoms with E-state index in [-0.39, 0.29) is 18.0 Å². The molecule has 5 heteroatoms. The lowest BCUT2D eigenvalue weighted by molar-refractivity contribution is -0.131. The Hall–Kier alpha value is -1.36. The Balaban J connectivity index is 2.51. The highest BCUT2D eigenvalue weighted by molar-refractivity contribution is 5.81. The molecular weight excluding hydrogens is 204 g/mol. The van der Waals surface area contributed by atoms with Crippen LogP contribution < -0.4 is 5.32 Å². The third-order valence-electron chi connectivity index (χ3n) is 2.71. The molecule has 2 unspecified atom stereocenters. The first-order chi connectivity index (χ1) is 7.56. The van der Waals surface area contributed by atoms with Crippen LogP contribution in [0.15, 0.2) is 12.3 Å². The fourth-order valence-corrected chi connectivity index (χ4v) is 1.53. The Labute approximate surface area is 96.2 Å². The lowest BCUT2D eigenvalue weighted by Crippen LogP contribution is -2.43. The summed E-state index contributed by atoms with van der Waals surface area (Å²) in [5, 5.41) is 10.0. The Morgan fingerprint density at radius 2 is 2.31 bits per heavy atom. The van der Waals surface area contributed by atoms with Crippen molar-refractivity contribution in [2.45, 2.75) is 32.9 Å². The minimum atomic E-state index is -0.191. The maximum absolute atomic E-state index is 11.8. The molecule has 2 atom stereocenters. The van der Waals surface area contributed by atoms with Crippen LogP contribution in [0.1, 0.15) is 32.5 Å². The molecule has 90 valence electrons. The molecule has 0 saturated heterocycles. The van der Waals surface area contributed by atoms with Gasteiger partial charge in [-0.05, 0) is 26.8 Å². The minimum Gasteiger partial charge on any atom is -0.345 e. The van der Waals surface area contributed by atoms with Gasteiger partial charge in [-0.25, -0.2) is 0 Å². The average molecular weight is 224 g/mol. The smallest absolute Gasteiger partial charge is 0.239 e. The maximum Gasteiger partial charge on any atom is 0.239 e. The predicted octanol–water partition coefficient (Wildman–Crippen LogP) is 0.927. The van der Waals surface area contributed by atoms with Crippen molar-refractivity contribution in [1.82, 2.24) is 20.4 Å². The molecule has 0 aliphatic rings. The number of H-pyrrole nitrogens is 1. The summed E-state index contributed by atoms with van der Waals surface area (Å²) < 4.78 is 0. The van der Waals surface area contributed by atoms with Gasteiger partial charge in [-0.15, -0.1) is 0 Å². The molecule has 0 saturated carbocycles. The van der Waals surface area contributed by atoms with Crippen LogP contribution >= 0.6 is 0 Å². The number of carbonyl (C=O) groups is 1. The lowest BCUT2D eigenvalue weighted by Gasteiger charge is -2.23. The van der Waals surface area contributed by atoms with Gasteiger partial charge in [-0.1, -0.05) is 0 Å². The molecule has 16 heavy (non-hydrogen) atoms. The maximum atomic E-state index is 11.8. The molecule has 1 heterocycles. The predicted molar refractivity (Wildman–Crippen MR) is 62.9 cm³/mol. The van der Waals surface area contributed by atoms with Crippen molar-refractivity contribution in [2.24, 2.45) is 0 Å². The van der Waals surface area contributed by atoms with Gasteiger partial charge in [0.05, 0.1) is 11.7 Å². The highest BCUT2D eigenvalue weighted by Crippen LogP contribution is 2.08. The number of likely N-dealkylation sites (N-methyl/N-ethyl adjacent to an activating group) is 1. The van der Waals surface area contributed by atoms with Crippen LogP contribution in [0.4, 0.5) is 0 Å². The van der Waals surface area contributed by atoms with E-state index in [4.69, 9.17) is 0 Å². The Morgan fingerprint density at radius 3 is 2.81 bits per heavy atom. The van der Waals surface area contributed by atoms with Gasteiger partial charge in [0.15, 0.2) is 0 Å². The highest BCUT2D eigenvalue weighted by atomic mass is 16.2. The largest absolute Gasteiger partial charge is 0.345 e. The van der Waals surface area contributed by atoms with Crippen molar-refractivity contribution >= 4 is 5.91 Å². The Morgan fingerprint density at radius 1 is 1.62 bits per heavy atom. The number of hydrogen-bond donors (Lipinski definition) is 2. The van der Waals surface area contributed by atoms with E-state index in [0.717, 1.165) is 12.2 Å². The van der Waals surface area contributed by atoms with Crippen molar-refractivity contribution in [3.8, 4) is 0 Å². The van der Waals surface area contributed by atoms with Crippen LogP contribution in [0.5, 0.6) is 0 Å². The molecule has 0 aliphatic heterocycles. The number of nitrogens with one attached hydrogen (secondary N) is 2. The van der Waals surface area contributed by atoms with Gasteiger partial charge in [0.25, 0.3) is 0 Å². The first-order valence-corrected chi connectivity index (χ1v) is 5.56. The van der Waals surface area contributed by atoms with E-state index in [1.807, 2.05) is 26.8 Å². The fraction of sp³-hybridized carbons (Fsp3) is 0.636. The van der Waals surface area contributed by atoms with Crippen molar-refractivity contribution < 1.29 is 4.79 Å². The van der Waals surface area contributed by atoms with Crippen LogP contribution in [-0.4, -0.2) is 40.6 Å². The number of rotatable bonds is 5. The van der Waals surface area contributed by atoms with Crippen LogP contribution in [-0.2, 0) is 4.79 Å². The van der Waals surface area contributed by atoms with Gasteiger partial charge < -0.3 is 4.90 Å². The van der Waals surface area contributed by atoms with Crippen molar-refractivity contribution in [3.05, 3.63) is 18.0 Å². The van der Waals surface area contributed by atoms with E-state index in [0.29, 0.717) is 0 Å². The quantitative estimate of drug-likeness (QED) is 0.782. The molecule has 0 aromatic carbocycles. The number of hydrogen-bond acceptors (Lipinski definition) is 3. The average Bonchev–Trinajstić information content (AvgIpc) is 2.80. The first-order valence-electron chi connectivity index (χ1n) is 5.56. The third kappa shape index (κ3) is 3.06. The van der Waals surface area contributed by atoms with E-state index in [1.165, 1.54) is 0 Å². The zero-order valence-electron chi connectivity index (χ0n) is 10.3. The second-order valence-electron chi connectivity index (χ2n) is 3.97. The van der Waals surface area contributed by atoms with Crippen LogP contribution in [0.2, 0.25) is 0 Å². The summed E-state index contributed by atoms with van der Waals surface area (Å²) in [5.74, 6) is 0.105. The van der Waals surface area contributed by atoms with Crippen LogP contribution in [0.25, 0.3) is 0 Å². The minimum absolute atomic E-state index is 0.0895. The van der Waals surface area contributed by atoms with E-state index < -0.39 is 0 Å². The van der Waals surface area contributed by atoms with E-state index in [9.17, 15) is 4.79 Å². The molecule has 1 aromatic rings. The molecule has 0 fully saturated rings. The van der Waals surface area contributed by atoms with E-state index >= 15 is 0 Å². The zero-order chi connectivity index (χ0) is 12.1.